The van der Waals surface area contributed by atoms with Crippen molar-refractivity contribution in [1.29, 1.82) is 0 Å². The van der Waals surface area contributed by atoms with Gasteiger partial charge in [-0.3, -0.25) is 9.59 Å². The number of amides is 1. The highest BCUT2D eigenvalue weighted by Gasteiger charge is 2.39. The molecule has 1 amide bonds. The van der Waals surface area contributed by atoms with E-state index in [0.717, 1.165) is 17.5 Å². The second kappa shape index (κ2) is 9.74. The third-order valence-electron chi connectivity index (χ3n) is 6.23. The molecular weight excluding hydrogens is 442 g/mol. The lowest BCUT2D eigenvalue weighted by Gasteiger charge is -2.25. The number of carboxylic acid groups (broad SMARTS) is 1. The Morgan fingerprint density at radius 2 is 1.71 bits per heavy atom. The largest absolute Gasteiger partial charge is 0.481 e. The van der Waals surface area contributed by atoms with Gasteiger partial charge in [-0.15, -0.1) is 0 Å². The first kappa shape index (κ1) is 24.2. The van der Waals surface area contributed by atoms with Gasteiger partial charge in [-0.2, -0.15) is 0 Å². The fourth-order valence-electron chi connectivity index (χ4n) is 4.67. The van der Waals surface area contributed by atoms with Crippen LogP contribution in [0.15, 0.2) is 54.6 Å². The Morgan fingerprint density at radius 1 is 1.09 bits per heavy atom. The van der Waals surface area contributed by atoms with Gasteiger partial charge in [0.1, 0.15) is 11.6 Å². The molecule has 8 nitrogen and oxygen atoms in total. The van der Waals surface area contributed by atoms with E-state index in [4.69, 9.17) is 5.73 Å². The predicted molar refractivity (Wildman–Crippen MR) is 136 cm³/mol. The number of nitrogens with one attached hydrogen (secondary N) is 1. The van der Waals surface area contributed by atoms with E-state index < -0.39 is 5.97 Å². The molecule has 1 aliphatic rings. The molecule has 1 unspecified atom stereocenters. The van der Waals surface area contributed by atoms with Crippen molar-refractivity contribution in [1.82, 2.24) is 15.3 Å². The monoisotopic (exact) mass is 473 g/mol. The van der Waals surface area contributed by atoms with Crippen molar-refractivity contribution in [2.45, 2.75) is 46.2 Å². The quantitative estimate of drug-likeness (QED) is 0.443. The van der Waals surface area contributed by atoms with Crippen LogP contribution in [0.3, 0.4) is 0 Å². The summed E-state index contributed by atoms with van der Waals surface area (Å²) in [4.78, 5) is 35.2. The molecule has 4 N–H and O–H groups in total. The molecule has 1 aromatic heterocycles. The Bertz CT molecular complexity index is 1220. The van der Waals surface area contributed by atoms with E-state index in [2.05, 4.69) is 34.0 Å². The number of benzene rings is 2. The average molecular weight is 474 g/mol. The van der Waals surface area contributed by atoms with E-state index in [0.29, 0.717) is 35.1 Å². The van der Waals surface area contributed by atoms with Gasteiger partial charge < -0.3 is 21.1 Å². The van der Waals surface area contributed by atoms with Gasteiger partial charge in [0.15, 0.2) is 0 Å². The first-order valence-corrected chi connectivity index (χ1v) is 11.7. The maximum Gasteiger partial charge on any atom is 0.305 e. The number of nitrogens with two attached hydrogens (primary N) is 1. The molecule has 1 fully saturated rings. The zero-order chi connectivity index (χ0) is 25.2. The Kier molecular flexibility index (Phi) is 6.73. The summed E-state index contributed by atoms with van der Waals surface area (Å²) < 4.78 is 0. The van der Waals surface area contributed by atoms with Crippen LogP contribution in [0.1, 0.15) is 48.6 Å². The van der Waals surface area contributed by atoms with E-state index in [1.165, 1.54) is 0 Å². The average Bonchev–Trinajstić information content (AvgIpc) is 3.11. The van der Waals surface area contributed by atoms with Gasteiger partial charge in [-0.05, 0) is 54.2 Å². The summed E-state index contributed by atoms with van der Waals surface area (Å²) in [6, 6.07) is 16.7. The highest BCUT2D eigenvalue weighted by atomic mass is 16.4. The van der Waals surface area contributed by atoms with Gasteiger partial charge in [-0.25, -0.2) is 9.97 Å². The number of hydrogen-bond acceptors (Lipinski definition) is 6. The molecule has 0 aliphatic carbocycles. The highest BCUT2D eigenvalue weighted by Crippen LogP contribution is 2.38. The molecule has 1 aliphatic heterocycles. The molecule has 3 aromatic rings. The summed E-state index contributed by atoms with van der Waals surface area (Å²) >= 11 is 0. The summed E-state index contributed by atoms with van der Waals surface area (Å²) in [5, 5.41) is 12.3. The second-order valence-corrected chi connectivity index (χ2v) is 9.89. The topological polar surface area (TPSA) is 121 Å². The van der Waals surface area contributed by atoms with Crippen molar-refractivity contribution >= 4 is 23.4 Å². The summed E-state index contributed by atoms with van der Waals surface area (Å²) in [7, 11) is 0. The number of anilines is 2. The molecule has 0 radical (unpaired) electrons. The Hall–Kier alpha value is -3.94. The van der Waals surface area contributed by atoms with Crippen LogP contribution in [-0.4, -0.2) is 39.5 Å². The summed E-state index contributed by atoms with van der Waals surface area (Å²) in [6.07, 6.45) is 0.839. The van der Waals surface area contributed by atoms with E-state index in [1.807, 2.05) is 42.5 Å². The number of aromatic nitrogens is 2. The lowest BCUT2D eigenvalue weighted by Crippen LogP contribution is -2.33. The minimum atomic E-state index is -0.821. The first-order valence-electron chi connectivity index (χ1n) is 11.7. The molecule has 8 heteroatoms. The number of carboxylic acids is 1. The smallest absolute Gasteiger partial charge is 0.305 e. The maximum atomic E-state index is 12.7. The Balaban J connectivity index is 1.45. The molecular formula is C27H31N5O3. The fraction of sp³-hybridized carbons (Fsp3) is 0.333. The standard InChI is InChI=1S/C27H31N5O3/c1-17-30-22(12-24(31-17)32-16-27(2,3)14-23(32)13-25(33)34)15-29-26(35)20-6-4-18(5-7-20)19-8-10-21(28)11-9-19/h4-12,23H,13-16,28H2,1-3H3,(H,29,35)(H,33,34). The number of nitrogens with zero attached hydrogens (tertiary/aromatic N) is 3. The number of aliphatic carboxylic acids is 1. The molecule has 0 bridgehead atoms. The number of aryl methyl sites for hydroxylation is 1. The van der Waals surface area contributed by atoms with Crippen LogP contribution >= 0.6 is 0 Å². The molecule has 0 saturated carbocycles. The molecule has 0 spiro atoms. The molecule has 1 atom stereocenters. The number of carbonyl (C=O) groups is 2. The van der Waals surface area contributed by atoms with Crippen molar-refractivity contribution in [3.05, 3.63) is 71.7 Å². The lowest BCUT2D eigenvalue weighted by atomic mass is 9.90. The predicted octanol–water partition coefficient (Wildman–Crippen LogP) is 4.04. The van der Waals surface area contributed by atoms with Crippen LogP contribution in [-0.2, 0) is 11.3 Å². The highest BCUT2D eigenvalue weighted by molar-refractivity contribution is 5.94. The van der Waals surface area contributed by atoms with Gasteiger partial charge in [0.2, 0.25) is 0 Å². The van der Waals surface area contributed by atoms with Crippen molar-refractivity contribution in [2.75, 3.05) is 17.2 Å². The number of hydrogen-bond donors (Lipinski definition) is 3. The van der Waals surface area contributed by atoms with Gasteiger partial charge >= 0.3 is 5.97 Å². The maximum absolute atomic E-state index is 12.7. The fourth-order valence-corrected chi connectivity index (χ4v) is 4.67. The minimum absolute atomic E-state index is 0.00807. The summed E-state index contributed by atoms with van der Waals surface area (Å²) in [6.45, 7) is 7.03. The second-order valence-electron chi connectivity index (χ2n) is 9.89. The summed E-state index contributed by atoms with van der Waals surface area (Å²) in [5.41, 5.74) is 9.72. The molecule has 2 aromatic carbocycles. The van der Waals surface area contributed by atoms with Crippen LogP contribution < -0.4 is 16.0 Å². The Morgan fingerprint density at radius 3 is 2.34 bits per heavy atom. The van der Waals surface area contributed by atoms with E-state index in [9.17, 15) is 14.7 Å². The molecule has 1 saturated heterocycles. The van der Waals surface area contributed by atoms with Crippen molar-refractivity contribution in [2.24, 2.45) is 5.41 Å². The van der Waals surface area contributed by atoms with Crippen LogP contribution in [0.4, 0.5) is 11.5 Å². The zero-order valence-corrected chi connectivity index (χ0v) is 20.3. The van der Waals surface area contributed by atoms with Crippen LogP contribution in [0.5, 0.6) is 0 Å². The lowest BCUT2D eigenvalue weighted by molar-refractivity contribution is -0.137. The van der Waals surface area contributed by atoms with E-state index in [-0.39, 0.29) is 30.3 Å². The van der Waals surface area contributed by atoms with Crippen LogP contribution in [0.2, 0.25) is 0 Å². The van der Waals surface area contributed by atoms with E-state index in [1.54, 1.807) is 19.1 Å². The minimum Gasteiger partial charge on any atom is -0.481 e. The first-order chi connectivity index (χ1) is 16.6. The zero-order valence-electron chi connectivity index (χ0n) is 20.3. The van der Waals surface area contributed by atoms with Gasteiger partial charge in [0.05, 0.1) is 18.7 Å². The van der Waals surface area contributed by atoms with Crippen molar-refractivity contribution < 1.29 is 14.7 Å². The normalized spacial score (nSPS) is 16.8. The number of rotatable bonds is 7. The van der Waals surface area contributed by atoms with Gasteiger partial charge in [0, 0.05) is 29.9 Å². The van der Waals surface area contributed by atoms with Gasteiger partial charge in [-0.1, -0.05) is 38.1 Å². The molecule has 182 valence electrons. The molecule has 35 heavy (non-hydrogen) atoms. The third kappa shape index (κ3) is 5.95. The summed E-state index contributed by atoms with van der Waals surface area (Å²) in [5.74, 6) is 0.265. The van der Waals surface area contributed by atoms with Crippen molar-refractivity contribution in [3.8, 4) is 11.1 Å². The Labute approximate surface area is 205 Å². The van der Waals surface area contributed by atoms with Crippen molar-refractivity contribution in [3.63, 3.8) is 0 Å². The SMILES string of the molecule is Cc1nc(CNC(=O)c2ccc(-c3ccc(N)cc3)cc2)cc(N2CC(C)(C)CC2CC(=O)O)n1. The molecule has 2 heterocycles. The number of carbonyl (C=O) groups excluding carboxylic acids is 1. The van der Waals surface area contributed by atoms with Gasteiger partial charge in [0.25, 0.3) is 5.91 Å². The number of nitrogen functional groups attached to an aromatic ring is 1. The van der Waals surface area contributed by atoms with Crippen LogP contribution in [0.25, 0.3) is 11.1 Å². The third-order valence-corrected chi connectivity index (χ3v) is 6.23. The van der Waals surface area contributed by atoms with Crippen LogP contribution in [0, 0.1) is 12.3 Å². The van der Waals surface area contributed by atoms with E-state index >= 15 is 0 Å². The molecule has 4 rings (SSSR count).